The van der Waals surface area contributed by atoms with E-state index in [2.05, 4.69) is 388 Å². The number of anilines is 12. The number of quaternary nitrogens is 3. The van der Waals surface area contributed by atoms with Crippen molar-refractivity contribution < 1.29 is 61.2 Å². The molecule has 130 heavy (non-hydrogen) atoms. The number of benzene rings is 9. The second kappa shape index (κ2) is 64.7. The molecule has 718 valence electrons. The minimum absolute atomic E-state index is 0. The zero-order valence-corrected chi connectivity index (χ0v) is 83.6. The SMILES string of the molecule is CCCCN(CCCC)c1ccc(N(C)c2ccc([NH+](C)c3ccc(N(CCCC)CCCC)cc3)cc2)cc1.CCCCN(CCCC)c1ccc(N(C)c2ccc([NH+](C)c3ccc(N(CCCC)CCCC)cc3)cc2)cc1.CCCCN(CCCC)c1ccc(N(C)c2ccc([NH+](C)c3ccc(N(CCCC)CCCC)cc3)cc2)cc1.FB(F)F.[F-].[O-][Cl+3]([O-])([O-])[O-]. The molecule has 0 bridgehead atoms. The molecule has 0 saturated heterocycles. The fraction of sp³-hybridized carbons (Fsp3) is 0.500. The highest BCUT2D eigenvalue weighted by Gasteiger charge is 2.20. The largest absolute Gasteiger partial charge is 1.00 e. The van der Waals surface area contributed by atoms with Gasteiger partial charge in [-0.3, -0.25) is 27.6 Å². The van der Waals surface area contributed by atoms with Gasteiger partial charge < -0.3 is 48.8 Å². The van der Waals surface area contributed by atoms with Crippen LogP contribution >= 0.6 is 0 Å². The van der Waals surface area contributed by atoms with Crippen LogP contribution in [0, 0.1) is 10.2 Å². The summed E-state index contributed by atoms with van der Waals surface area (Å²) in [5.74, 6) is 0. The van der Waals surface area contributed by atoms with E-state index in [1.165, 1.54) is 271 Å². The predicted molar refractivity (Wildman–Crippen MR) is 542 cm³/mol. The first-order valence-electron chi connectivity index (χ1n) is 49.0. The molecule has 9 aromatic rings. The van der Waals surface area contributed by atoms with Gasteiger partial charge in [0, 0.05) is 241 Å². The normalized spacial score (nSPS) is 11.6. The van der Waals surface area contributed by atoms with Crippen molar-refractivity contribution in [3.8, 4) is 0 Å². The molecule has 0 spiro atoms. The van der Waals surface area contributed by atoms with Crippen molar-refractivity contribution in [1.29, 1.82) is 0 Å². The van der Waals surface area contributed by atoms with Crippen molar-refractivity contribution in [1.82, 2.24) is 0 Å². The average Bonchev–Trinajstić information content (AvgIpc) is 0.826. The number of hydrogen-bond acceptors (Lipinski definition) is 13. The summed E-state index contributed by atoms with van der Waals surface area (Å²) in [5, 5.41) is 0. The summed E-state index contributed by atoms with van der Waals surface area (Å²) in [7, 11) is 4.58. The molecular weight excluding hydrogens is 1650 g/mol. The molecule has 22 heteroatoms. The van der Waals surface area contributed by atoms with E-state index in [0.717, 1.165) is 78.5 Å². The van der Waals surface area contributed by atoms with Crippen molar-refractivity contribution in [3.05, 3.63) is 218 Å². The lowest BCUT2D eigenvalue weighted by Gasteiger charge is -2.26. The first-order valence-corrected chi connectivity index (χ1v) is 50.2. The highest BCUT2D eigenvalue weighted by molar-refractivity contribution is 6.33. The molecule has 9 aromatic carbocycles. The Labute approximate surface area is 787 Å². The molecule has 0 heterocycles. The van der Waals surface area contributed by atoms with E-state index >= 15 is 0 Å². The highest BCUT2D eigenvalue weighted by atomic mass is 35.7. The average molecular weight is 1820 g/mol. The number of nitrogens with one attached hydrogen (secondary N) is 3. The summed E-state index contributed by atoms with van der Waals surface area (Å²) in [6.07, 6.45) is 29.8. The maximum atomic E-state index is 9.67. The van der Waals surface area contributed by atoms with E-state index < -0.39 is 17.8 Å². The van der Waals surface area contributed by atoms with Crippen LogP contribution in [0.5, 0.6) is 0 Å². The summed E-state index contributed by atoms with van der Waals surface area (Å²) in [5.41, 5.74) is 23.0. The lowest BCUT2D eigenvalue weighted by atomic mass is 10.1. The standard InChI is InChI=1S/3C36H54N4.BF3.ClHO4.FH/c3*1-7-11-27-39(28-12-8-2)35-23-19-33(20-24-35)37(5)31-15-17-32(18-16-31)38(6)34-21-25-36(26-22-34)40(29-13-9-3)30-14-10-4;2-1(3)4;2-1(3,4)5;/h3*15-26H,7-14,27-30H2,1-6H3;;(H,2,3,4,5);1H/p+1. The second-order valence-electron chi connectivity index (χ2n) is 34.2. The summed E-state index contributed by atoms with van der Waals surface area (Å²) < 4.78 is 63.0. The summed E-state index contributed by atoms with van der Waals surface area (Å²) in [6, 6.07) is 81.9. The first kappa shape index (κ1) is 113. The smallest absolute Gasteiger partial charge is 0.762 e. The Morgan fingerprint density at radius 2 is 0.292 bits per heavy atom. The van der Waals surface area contributed by atoms with Gasteiger partial charge in [0.15, 0.2) is 0 Å². The van der Waals surface area contributed by atoms with Gasteiger partial charge in [-0.1, -0.05) is 160 Å². The fourth-order valence-electron chi connectivity index (χ4n) is 15.6. The monoisotopic (exact) mass is 1820 g/mol. The number of hydrogen-bond donors (Lipinski definition) is 3. The van der Waals surface area contributed by atoms with Crippen LogP contribution < -0.4 is 82.1 Å². The molecule has 0 fully saturated rings. The first-order chi connectivity index (χ1) is 62.3. The third kappa shape index (κ3) is 41.0. The molecule has 3 N–H and O–H groups in total. The Hall–Kier alpha value is -9.03. The van der Waals surface area contributed by atoms with Crippen LogP contribution in [0.4, 0.5) is 115 Å². The van der Waals surface area contributed by atoms with Gasteiger partial charge in [-0.2, -0.15) is 0 Å². The quantitative estimate of drug-likeness (QED) is 0.0247. The van der Waals surface area contributed by atoms with E-state index in [-0.39, 0.29) is 4.70 Å². The van der Waals surface area contributed by atoms with Crippen LogP contribution in [0.1, 0.15) is 237 Å². The van der Waals surface area contributed by atoms with Crippen LogP contribution in [-0.4, -0.2) is 128 Å². The molecule has 0 aliphatic rings. The van der Waals surface area contributed by atoms with Gasteiger partial charge in [0.2, 0.25) is 0 Å². The third-order valence-corrected chi connectivity index (χ3v) is 24.2. The third-order valence-electron chi connectivity index (χ3n) is 24.2. The molecule has 0 amide bonds. The maximum Gasteiger partial charge on any atom is 0.762 e. The molecule has 3 unspecified atom stereocenters. The molecule has 9 rings (SSSR count). The number of nitrogens with zero attached hydrogens (tertiary/aromatic N) is 9. The van der Waals surface area contributed by atoms with Crippen molar-refractivity contribution in [2.24, 2.45) is 0 Å². The van der Waals surface area contributed by atoms with E-state index in [9.17, 15) is 12.9 Å². The van der Waals surface area contributed by atoms with Crippen molar-refractivity contribution >= 4 is 110 Å². The molecule has 16 nitrogen and oxygen atoms in total. The van der Waals surface area contributed by atoms with Gasteiger partial charge in [0.05, 0.1) is 21.1 Å². The van der Waals surface area contributed by atoms with E-state index in [4.69, 9.17) is 18.6 Å². The van der Waals surface area contributed by atoms with Gasteiger partial charge in [0.1, 0.15) is 34.1 Å². The molecule has 0 aliphatic carbocycles. The molecule has 0 aliphatic heterocycles. The van der Waals surface area contributed by atoms with Crippen LogP contribution in [-0.2, 0) is 0 Å². The number of halogens is 5. The van der Waals surface area contributed by atoms with Crippen LogP contribution in [0.25, 0.3) is 0 Å². The highest BCUT2D eigenvalue weighted by Crippen LogP contribution is 2.33. The summed E-state index contributed by atoms with van der Waals surface area (Å²) >= 11 is 0. The fourth-order valence-corrected chi connectivity index (χ4v) is 15.6. The maximum absolute atomic E-state index is 9.67. The Morgan fingerprint density at radius 1 is 0.208 bits per heavy atom. The Bertz CT molecular complexity index is 3560. The van der Waals surface area contributed by atoms with Gasteiger partial charge in [0.25, 0.3) is 0 Å². The zero-order chi connectivity index (χ0) is 94.3. The molecule has 0 radical (unpaired) electrons. The van der Waals surface area contributed by atoms with Gasteiger partial charge >= 0.3 is 7.54 Å². The van der Waals surface area contributed by atoms with Crippen molar-refractivity contribution in [2.45, 2.75) is 237 Å². The Morgan fingerprint density at radius 3 is 0.392 bits per heavy atom. The topological polar surface area (TPSA) is 135 Å². The van der Waals surface area contributed by atoms with Crippen LogP contribution in [0.2, 0.25) is 0 Å². The van der Waals surface area contributed by atoms with Gasteiger partial charge in [-0.25, -0.2) is 18.6 Å². The predicted octanol–water partition coefficient (Wildman–Crippen LogP) is 19.4. The minimum atomic E-state index is -4.94. The number of unbranched alkanes of at least 4 members (excludes halogenated alkanes) is 12. The van der Waals surface area contributed by atoms with E-state index in [1.807, 2.05) is 0 Å². The molecule has 3 atom stereocenters. The lowest BCUT2D eigenvalue weighted by Crippen LogP contribution is -3.00. The van der Waals surface area contributed by atoms with Gasteiger partial charge in [-0.15, -0.1) is 10.2 Å². The molecule has 0 saturated carbocycles. The second-order valence-corrected chi connectivity index (χ2v) is 34.9. The van der Waals surface area contributed by atoms with Crippen molar-refractivity contribution in [2.75, 3.05) is 165 Å². The number of rotatable bonds is 54. The summed E-state index contributed by atoms with van der Waals surface area (Å²) in [4.78, 5) is 26.1. The van der Waals surface area contributed by atoms with E-state index in [1.54, 1.807) is 0 Å². The lowest BCUT2D eigenvalue weighted by molar-refractivity contribution is -2.00. The Balaban J connectivity index is 0.000000387. The Kier molecular flexibility index (Phi) is 56.4. The molecule has 0 aromatic heterocycles. The molecular formula is C108H165BClF4N12O4+. The van der Waals surface area contributed by atoms with Crippen LogP contribution in [0.3, 0.4) is 0 Å². The zero-order valence-electron chi connectivity index (χ0n) is 82.9. The van der Waals surface area contributed by atoms with Crippen LogP contribution in [0.15, 0.2) is 218 Å². The minimum Gasteiger partial charge on any atom is -1.00 e. The van der Waals surface area contributed by atoms with Crippen molar-refractivity contribution in [3.63, 3.8) is 0 Å². The van der Waals surface area contributed by atoms with Gasteiger partial charge in [-0.05, 0) is 223 Å². The summed E-state index contributed by atoms with van der Waals surface area (Å²) in [6.45, 7) is 41.0. The van der Waals surface area contributed by atoms with E-state index in [0.29, 0.717) is 0 Å².